The number of hydrogen-bond donors (Lipinski definition) is 12. The molecule has 14 fully saturated rings. The fourth-order valence-electron chi connectivity index (χ4n) is 15.5. The molecule has 12 N–H and O–H groups in total. The molecule has 14 aliphatic rings. The molecule has 0 amide bonds. The standard InChI is InChI=1S/2C10H18.C8H17N3.3C8H16N2S.C7H15N3.7C3H8/c2*1-2-6-10(7-3-1)8-4-5-9-10;3*1-3-9-4-2-8(1)7-10-5-6-11-8;1-2-8(6-9-3-1)7-10-4-5-11-8;1-3-8-4-2-7(1)5-9-6-10-7;7*1-3-2/h2*1-9H2;9-11H,1-7H2;3*9-10H,1-7H2;8-10H,1-6H2;7*3H2,1-2H3. The molecular weight excluding hydrogens is 1230 g/mol. The number of hydrogen-bond acceptors (Lipinski definition) is 15. The van der Waals surface area contributed by atoms with Crippen LogP contribution < -0.4 is 63.8 Å². The van der Waals surface area contributed by atoms with Crippen molar-refractivity contribution in [3.63, 3.8) is 0 Å². The molecule has 12 nitrogen and oxygen atoms in total. The van der Waals surface area contributed by atoms with Crippen molar-refractivity contribution in [2.45, 2.75) is 347 Å². The highest BCUT2D eigenvalue weighted by molar-refractivity contribution is 8.01. The largest absolute Gasteiger partial charge is 0.317 e. The monoisotopic (exact) mass is 1400 g/mol. The summed E-state index contributed by atoms with van der Waals surface area (Å²) >= 11 is 6.53. The molecule has 10 heterocycles. The summed E-state index contributed by atoms with van der Waals surface area (Å²) in [5, 5.41) is 41.5. The van der Waals surface area contributed by atoms with Crippen molar-refractivity contribution in [1.82, 2.24) is 63.8 Å². The minimum absolute atomic E-state index is 0.434. The molecule has 7 spiro atoms. The van der Waals surface area contributed by atoms with E-state index in [0.29, 0.717) is 25.3 Å². The first-order valence-corrected chi connectivity index (χ1v) is 44.7. The normalized spacial score (nSPS) is 26.3. The van der Waals surface area contributed by atoms with Crippen molar-refractivity contribution in [3.8, 4) is 0 Å². The van der Waals surface area contributed by atoms with E-state index in [1.807, 2.05) is 0 Å². The predicted octanol–water partition coefficient (Wildman–Crippen LogP) is 16.8. The number of piperazine rings is 1. The predicted molar refractivity (Wildman–Crippen MR) is 437 cm³/mol. The Labute approximate surface area is 608 Å². The Hall–Kier alpha value is 0.570. The highest BCUT2D eigenvalue weighted by Crippen LogP contribution is 2.50. The fourth-order valence-corrected chi connectivity index (χ4v) is 19.7. The Morgan fingerprint density at radius 1 is 0.211 bits per heavy atom. The van der Waals surface area contributed by atoms with E-state index in [2.05, 4.69) is 196 Å². The van der Waals surface area contributed by atoms with E-state index < -0.39 is 0 Å². The molecule has 0 aromatic heterocycles. The van der Waals surface area contributed by atoms with E-state index >= 15 is 0 Å². The molecule has 15 heteroatoms. The Morgan fingerprint density at radius 3 is 0.747 bits per heavy atom. The number of nitrogens with one attached hydrogen (secondary N) is 12. The van der Waals surface area contributed by atoms with Gasteiger partial charge in [-0.2, -0.15) is 35.3 Å². The van der Waals surface area contributed by atoms with Gasteiger partial charge >= 0.3 is 0 Å². The van der Waals surface area contributed by atoms with E-state index in [1.165, 1.54) is 295 Å². The van der Waals surface area contributed by atoms with Crippen molar-refractivity contribution in [1.29, 1.82) is 0 Å². The van der Waals surface area contributed by atoms with Gasteiger partial charge in [0, 0.05) is 121 Å². The van der Waals surface area contributed by atoms with Crippen LogP contribution in [0.1, 0.15) is 322 Å². The third-order valence-electron chi connectivity index (χ3n) is 20.5. The molecule has 10 saturated heterocycles. The lowest BCUT2D eigenvalue weighted by Gasteiger charge is -2.42. The van der Waals surface area contributed by atoms with Crippen LogP contribution in [0.2, 0.25) is 0 Å². The smallest absolute Gasteiger partial charge is 0.0459 e. The summed E-state index contributed by atoms with van der Waals surface area (Å²) < 4.78 is 1.75. The van der Waals surface area contributed by atoms with Crippen LogP contribution in [-0.4, -0.2) is 180 Å². The second-order valence-electron chi connectivity index (χ2n) is 30.8. The Balaban J connectivity index is 0.000000528. The van der Waals surface area contributed by atoms with E-state index in [9.17, 15) is 0 Å². The van der Waals surface area contributed by atoms with Gasteiger partial charge in [0.15, 0.2) is 0 Å². The summed E-state index contributed by atoms with van der Waals surface area (Å²) in [5.41, 5.74) is 2.63. The van der Waals surface area contributed by atoms with Gasteiger partial charge in [0.05, 0.1) is 0 Å². The SMILES string of the molecule is C1CC2(CCN1)CNCCN2.C1CC2(CCN1)CNCCS2.C1CC2(CCN1)CNCCS2.C1CC2(CCN1)CNCN2.C1CCC2(CC1)CCCC2.C1CCC2(CC1)CCCC2.C1CNCC2(C1)CNCCS2.CCC.CCC.CCC.CCC.CCC.CCC.CCC. The van der Waals surface area contributed by atoms with Gasteiger partial charge in [-0.3, -0.25) is 5.32 Å². The first-order valence-electron chi connectivity index (χ1n) is 41.8. The number of rotatable bonds is 0. The fraction of sp³-hybridized carbons (Fsp3) is 1.00. The molecule has 14 rings (SSSR count). The Kier molecular flexibility index (Phi) is 60.0. The van der Waals surface area contributed by atoms with Gasteiger partial charge in [0.2, 0.25) is 0 Å². The third kappa shape index (κ3) is 42.8. The van der Waals surface area contributed by atoms with Gasteiger partial charge in [-0.15, -0.1) is 0 Å². The molecule has 0 radical (unpaired) electrons. The van der Waals surface area contributed by atoms with E-state index in [0.717, 1.165) is 43.7 Å². The average Bonchev–Trinajstić information content (AvgIpc) is 1.93. The zero-order valence-corrected chi connectivity index (χ0v) is 68.9. The third-order valence-corrected chi connectivity index (χ3v) is 25.1. The lowest BCUT2D eigenvalue weighted by Crippen LogP contribution is -2.62. The molecule has 570 valence electrons. The van der Waals surface area contributed by atoms with Crippen LogP contribution in [0.25, 0.3) is 0 Å². The summed E-state index contributed by atoms with van der Waals surface area (Å²) in [4.78, 5) is 0. The first kappa shape index (κ1) is 93.6. The highest BCUT2D eigenvalue weighted by Gasteiger charge is 2.39. The maximum absolute atomic E-state index is 3.63. The first-order chi connectivity index (χ1) is 46.3. The van der Waals surface area contributed by atoms with Gasteiger partial charge < -0.3 is 58.5 Å². The van der Waals surface area contributed by atoms with Gasteiger partial charge in [-0.1, -0.05) is 206 Å². The molecule has 4 saturated carbocycles. The summed E-state index contributed by atoms with van der Waals surface area (Å²) in [6.07, 6.45) is 49.8. The highest BCUT2D eigenvalue weighted by atomic mass is 32.2. The van der Waals surface area contributed by atoms with E-state index in [4.69, 9.17) is 0 Å². The summed E-state index contributed by atoms with van der Waals surface area (Å²) in [5.74, 6) is 3.90. The molecule has 4 aliphatic carbocycles. The van der Waals surface area contributed by atoms with Crippen molar-refractivity contribution < 1.29 is 0 Å². The number of piperidine rings is 5. The zero-order valence-electron chi connectivity index (χ0n) is 66.4. The number of thioether (sulfide) groups is 3. The Morgan fingerprint density at radius 2 is 0.484 bits per heavy atom. The average molecular weight is 1400 g/mol. The molecule has 0 aromatic rings. The lowest BCUT2D eigenvalue weighted by molar-refractivity contribution is 0.197. The minimum atomic E-state index is 0.434. The maximum Gasteiger partial charge on any atom is 0.0459 e. The van der Waals surface area contributed by atoms with Crippen LogP contribution in [0.4, 0.5) is 0 Å². The molecule has 1 atom stereocenters. The quantitative estimate of drug-likeness (QED) is 0.112. The van der Waals surface area contributed by atoms with Crippen LogP contribution in [0, 0.1) is 10.8 Å². The van der Waals surface area contributed by atoms with Crippen LogP contribution in [-0.2, 0) is 0 Å². The lowest BCUT2D eigenvalue weighted by atomic mass is 9.73. The van der Waals surface area contributed by atoms with Gasteiger partial charge in [-0.25, -0.2) is 0 Å². The van der Waals surface area contributed by atoms with Crippen LogP contribution in [0.5, 0.6) is 0 Å². The second kappa shape index (κ2) is 60.9. The van der Waals surface area contributed by atoms with Gasteiger partial charge in [0.1, 0.15) is 0 Å². The Bertz CT molecular complexity index is 1260. The summed E-state index contributed by atoms with van der Waals surface area (Å²) in [6.45, 7) is 54.7. The molecule has 95 heavy (non-hydrogen) atoms. The van der Waals surface area contributed by atoms with Gasteiger partial charge in [0.25, 0.3) is 0 Å². The molecule has 0 bridgehead atoms. The zero-order chi connectivity index (χ0) is 69.8. The minimum Gasteiger partial charge on any atom is -0.317 e. The van der Waals surface area contributed by atoms with Crippen molar-refractivity contribution in [2.75, 3.05) is 155 Å². The summed E-state index contributed by atoms with van der Waals surface area (Å²) in [7, 11) is 0. The molecule has 1 unspecified atom stereocenters. The maximum atomic E-state index is 3.63. The van der Waals surface area contributed by atoms with Crippen LogP contribution in [0.3, 0.4) is 0 Å². The van der Waals surface area contributed by atoms with E-state index in [-0.39, 0.29) is 0 Å². The topological polar surface area (TPSA) is 144 Å². The second-order valence-corrected chi connectivity index (χ2v) is 35.5. The van der Waals surface area contributed by atoms with E-state index in [1.54, 1.807) is 51.4 Å². The van der Waals surface area contributed by atoms with Crippen molar-refractivity contribution in [3.05, 3.63) is 0 Å². The van der Waals surface area contributed by atoms with Crippen LogP contribution >= 0.6 is 35.3 Å². The van der Waals surface area contributed by atoms with Crippen molar-refractivity contribution >= 4 is 35.3 Å². The molecular formula is C80H172N12S3. The molecule has 10 aliphatic heterocycles. The van der Waals surface area contributed by atoms with Crippen LogP contribution in [0.15, 0.2) is 0 Å². The summed E-state index contributed by atoms with van der Waals surface area (Å²) in [6, 6.07) is 0. The molecule has 0 aromatic carbocycles. The van der Waals surface area contributed by atoms with Crippen molar-refractivity contribution in [2.24, 2.45) is 10.8 Å². The van der Waals surface area contributed by atoms with Gasteiger partial charge in [-0.05, 0) is 185 Å².